The van der Waals surface area contributed by atoms with E-state index in [0.29, 0.717) is 21.8 Å². The monoisotopic (exact) mass is 357 g/mol. The minimum atomic E-state index is -0.319. The van der Waals surface area contributed by atoms with Crippen LogP contribution in [0.2, 0.25) is 0 Å². The number of anilines is 1. The molecule has 2 fully saturated rings. The first kappa shape index (κ1) is 14.2. The van der Waals surface area contributed by atoms with E-state index in [1.165, 1.54) is 12.8 Å². The lowest BCUT2D eigenvalue weighted by molar-refractivity contribution is 0.326. The van der Waals surface area contributed by atoms with E-state index in [-0.39, 0.29) is 10.8 Å². The Morgan fingerprint density at radius 1 is 1.40 bits per heavy atom. The molecule has 1 aromatic carbocycles. The smallest absolute Gasteiger partial charge is 0.161 e. The zero-order valence-corrected chi connectivity index (χ0v) is 13.4. The summed E-state index contributed by atoms with van der Waals surface area (Å²) in [6.45, 7) is 2.11. The minimum Gasteiger partial charge on any atom is -0.389 e. The van der Waals surface area contributed by atoms with Crippen molar-refractivity contribution in [3.05, 3.63) is 28.0 Å². The summed E-state index contributed by atoms with van der Waals surface area (Å²) in [7, 11) is 0. The van der Waals surface area contributed by atoms with Gasteiger partial charge in [0.15, 0.2) is 5.82 Å². The van der Waals surface area contributed by atoms with Crippen molar-refractivity contribution in [1.82, 2.24) is 4.90 Å². The number of hydrogen-bond acceptors (Lipinski definition) is 3. The maximum Gasteiger partial charge on any atom is 0.161 e. The van der Waals surface area contributed by atoms with Crippen LogP contribution in [0.25, 0.3) is 0 Å². The molecule has 1 saturated heterocycles. The molecule has 20 heavy (non-hydrogen) atoms. The number of halogens is 2. The van der Waals surface area contributed by atoms with E-state index in [1.807, 2.05) is 0 Å². The van der Waals surface area contributed by atoms with Crippen LogP contribution < -0.4 is 11.1 Å². The maximum absolute atomic E-state index is 14.3. The molecule has 1 saturated carbocycles. The Hall–Kier alpha value is -0.720. The van der Waals surface area contributed by atoms with E-state index in [1.54, 1.807) is 12.1 Å². The Bertz CT molecular complexity index is 547. The van der Waals surface area contributed by atoms with Gasteiger partial charge in [-0.05, 0) is 47.3 Å². The largest absolute Gasteiger partial charge is 0.389 e. The van der Waals surface area contributed by atoms with Gasteiger partial charge in [0.25, 0.3) is 0 Å². The summed E-state index contributed by atoms with van der Waals surface area (Å²) < 4.78 is 14.6. The lowest BCUT2D eigenvalue weighted by Gasteiger charge is -2.18. The standard InChI is InChI=1S/C14H17BrFN3S/c15-12-10(14(17)20)3-4-11(13(12)16)18-8-5-6-19(7-8)9-1-2-9/h3-4,8-9,18H,1-2,5-7H2,(H2,17,20). The van der Waals surface area contributed by atoms with Crippen LogP contribution in [0.5, 0.6) is 0 Å². The van der Waals surface area contributed by atoms with Crippen molar-refractivity contribution in [3.63, 3.8) is 0 Å². The van der Waals surface area contributed by atoms with Crippen molar-refractivity contribution in [3.8, 4) is 0 Å². The van der Waals surface area contributed by atoms with Crippen LogP contribution in [0.4, 0.5) is 10.1 Å². The van der Waals surface area contributed by atoms with Gasteiger partial charge in [0, 0.05) is 30.7 Å². The number of nitrogens with one attached hydrogen (secondary N) is 1. The normalized spacial score (nSPS) is 23.0. The Kier molecular flexibility index (Phi) is 3.97. The lowest BCUT2D eigenvalue weighted by atomic mass is 10.1. The third-order valence-electron chi connectivity index (χ3n) is 3.99. The molecule has 0 bridgehead atoms. The van der Waals surface area contributed by atoms with Crippen LogP contribution in [-0.2, 0) is 0 Å². The van der Waals surface area contributed by atoms with Gasteiger partial charge in [-0.25, -0.2) is 4.39 Å². The van der Waals surface area contributed by atoms with Crippen LogP contribution in [0.1, 0.15) is 24.8 Å². The Labute approximate surface area is 131 Å². The predicted molar refractivity (Wildman–Crippen MR) is 86.6 cm³/mol. The van der Waals surface area contributed by atoms with Gasteiger partial charge >= 0.3 is 0 Å². The van der Waals surface area contributed by atoms with Crippen molar-refractivity contribution in [2.45, 2.75) is 31.3 Å². The van der Waals surface area contributed by atoms with Gasteiger partial charge in [-0.3, -0.25) is 4.90 Å². The number of nitrogens with zero attached hydrogens (tertiary/aromatic N) is 1. The van der Waals surface area contributed by atoms with Crippen molar-refractivity contribution in [2.24, 2.45) is 5.73 Å². The van der Waals surface area contributed by atoms with E-state index >= 15 is 0 Å². The van der Waals surface area contributed by atoms with Gasteiger partial charge in [0.1, 0.15) is 4.99 Å². The number of likely N-dealkylation sites (tertiary alicyclic amines) is 1. The Balaban J connectivity index is 1.71. The van der Waals surface area contributed by atoms with Crippen LogP contribution in [0.3, 0.4) is 0 Å². The van der Waals surface area contributed by atoms with Crippen molar-refractivity contribution < 1.29 is 4.39 Å². The molecule has 1 unspecified atom stereocenters. The van der Waals surface area contributed by atoms with E-state index in [9.17, 15) is 4.39 Å². The Morgan fingerprint density at radius 2 is 2.15 bits per heavy atom. The van der Waals surface area contributed by atoms with Crippen LogP contribution >= 0.6 is 28.1 Å². The highest BCUT2D eigenvalue weighted by molar-refractivity contribution is 9.10. The number of benzene rings is 1. The highest BCUT2D eigenvalue weighted by atomic mass is 79.9. The van der Waals surface area contributed by atoms with Gasteiger partial charge < -0.3 is 11.1 Å². The molecule has 1 aliphatic carbocycles. The van der Waals surface area contributed by atoms with Crippen LogP contribution in [0.15, 0.2) is 16.6 Å². The molecule has 108 valence electrons. The molecule has 0 aromatic heterocycles. The maximum atomic E-state index is 14.3. The summed E-state index contributed by atoms with van der Waals surface area (Å²) in [6, 6.07) is 4.56. The fourth-order valence-electron chi connectivity index (χ4n) is 2.75. The predicted octanol–water partition coefficient (Wildman–Crippen LogP) is 2.87. The van der Waals surface area contributed by atoms with Gasteiger partial charge in [0.2, 0.25) is 0 Å². The highest BCUT2D eigenvalue weighted by Gasteiger charge is 2.34. The molecule has 1 aliphatic heterocycles. The molecule has 1 heterocycles. The second-order valence-electron chi connectivity index (χ2n) is 5.51. The molecule has 3 rings (SSSR count). The number of rotatable bonds is 4. The number of nitrogens with two attached hydrogens (primary N) is 1. The van der Waals surface area contributed by atoms with Crippen molar-refractivity contribution >= 4 is 38.8 Å². The summed E-state index contributed by atoms with van der Waals surface area (Å²) in [5.74, 6) is -0.319. The molecule has 1 atom stereocenters. The first-order valence-electron chi connectivity index (χ1n) is 6.84. The van der Waals surface area contributed by atoms with Gasteiger partial charge in [-0.1, -0.05) is 12.2 Å². The number of hydrogen-bond donors (Lipinski definition) is 2. The number of thiocarbonyl (C=S) groups is 1. The van der Waals surface area contributed by atoms with Gasteiger partial charge in [0.05, 0.1) is 10.2 Å². The molecule has 2 aliphatic rings. The molecular formula is C14H17BrFN3S. The minimum absolute atomic E-state index is 0.197. The highest BCUT2D eigenvalue weighted by Crippen LogP contribution is 2.32. The molecule has 6 heteroatoms. The summed E-state index contributed by atoms with van der Waals surface area (Å²) in [5.41, 5.74) is 6.61. The zero-order valence-electron chi connectivity index (χ0n) is 11.0. The summed E-state index contributed by atoms with van der Waals surface area (Å²) in [4.78, 5) is 2.69. The van der Waals surface area contributed by atoms with E-state index in [2.05, 4.69) is 26.1 Å². The second kappa shape index (κ2) is 5.58. The summed E-state index contributed by atoms with van der Waals surface area (Å²) >= 11 is 8.13. The van der Waals surface area contributed by atoms with Gasteiger partial charge in [-0.2, -0.15) is 0 Å². The average Bonchev–Trinajstić information content (AvgIpc) is 3.15. The van der Waals surface area contributed by atoms with Crippen molar-refractivity contribution in [2.75, 3.05) is 18.4 Å². The quantitative estimate of drug-likeness (QED) is 0.813. The average molecular weight is 358 g/mol. The third kappa shape index (κ3) is 2.82. The molecule has 0 spiro atoms. The first-order valence-corrected chi connectivity index (χ1v) is 8.05. The van der Waals surface area contributed by atoms with E-state index in [0.717, 1.165) is 25.6 Å². The van der Waals surface area contributed by atoms with E-state index in [4.69, 9.17) is 18.0 Å². The fourth-order valence-corrected chi connectivity index (χ4v) is 3.61. The first-order chi connectivity index (χ1) is 9.56. The zero-order chi connectivity index (χ0) is 14.3. The molecule has 3 N–H and O–H groups in total. The second-order valence-corrected chi connectivity index (χ2v) is 6.74. The molecule has 0 amide bonds. The van der Waals surface area contributed by atoms with E-state index < -0.39 is 0 Å². The van der Waals surface area contributed by atoms with Crippen molar-refractivity contribution in [1.29, 1.82) is 0 Å². The SMILES string of the molecule is NC(=S)c1ccc(NC2CCN(C3CC3)C2)c(F)c1Br. The van der Waals surface area contributed by atoms with Gasteiger partial charge in [-0.15, -0.1) is 0 Å². The van der Waals surface area contributed by atoms with Crippen LogP contribution in [0, 0.1) is 5.82 Å². The molecule has 3 nitrogen and oxygen atoms in total. The third-order valence-corrected chi connectivity index (χ3v) is 4.99. The summed E-state index contributed by atoms with van der Waals surface area (Å²) in [6.07, 6.45) is 3.69. The molecule has 0 radical (unpaired) electrons. The van der Waals surface area contributed by atoms with Crippen LogP contribution in [-0.4, -0.2) is 35.1 Å². The fraction of sp³-hybridized carbons (Fsp3) is 0.500. The molecular weight excluding hydrogens is 341 g/mol. The topological polar surface area (TPSA) is 41.3 Å². The molecule has 1 aromatic rings. The lowest BCUT2D eigenvalue weighted by Crippen LogP contribution is -2.28. The Morgan fingerprint density at radius 3 is 2.80 bits per heavy atom. The summed E-state index contributed by atoms with van der Waals surface area (Å²) in [5, 5.41) is 3.30.